The molecule has 3 aromatic heterocycles. The summed E-state index contributed by atoms with van der Waals surface area (Å²) in [7, 11) is 0. The van der Waals surface area contributed by atoms with Gasteiger partial charge in [0.15, 0.2) is 0 Å². The first kappa shape index (κ1) is 22.1. The molecule has 0 aliphatic carbocycles. The van der Waals surface area contributed by atoms with E-state index in [0.717, 1.165) is 5.39 Å². The van der Waals surface area contributed by atoms with E-state index in [4.69, 9.17) is 8.94 Å². The third-order valence-corrected chi connectivity index (χ3v) is 5.83. The van der Waals surface area contributed by atoms with E-state index in [2.05, 4.69) is 20.4 Å². The van der Waals surface area contributed by atoms with Crippen LogP contribution in [0.25, 0.3) is 45.1 Å². The molecule has 0 atom stereocenters. The fourth-order valence-electron chi connectivity index (χ4n) is 3.97. The standard InChI is InChI=1S/C29H18N4O4/c34-27(19-14-12-18(13-15-19)22-17-20-7-1-4-11-25(20)36-29(22)35)31-23-9-3-2-8-21(23)28-32-26(33-37-28)24-10-5-6-16-30-24/h1-17H,(H,31,34). The quantitative estimate of drug-likeness (QED) is 0.305. The molecule has 37 heavy (non-hydrogen) atoms. The van der Waals surface area contributed by atoms with Crippen LogP contribution in [0.15, 0.2) is 117 Å². The lowest BCUT2D eigenvalue weighted by Gasteiger charge is -2.09. The van der Waals surface area contributed by atoms with Gasteiger partial charge in [0.1, 0.15) is 11.3 Å². The van der Waals surface area contributed by atoms with Crippen molar-refractivity contribution in [2.75, 3.05) is 5.32 Å². The number of carbonyl (C=O) groups excluding carboxylic acids is 1. The van der Waals surface area contributed by atoms with Gasteiger partial charge in [-0.25, -0.2) is 4.79 Å². The second kappa shape index (κ2) is 9.35. The van der Waals surface area contributed by atoms with E-state index in [1.807, 2.05) is 30.3 Å². The summed E-state index contributed by atoms with van der Waals surface area (Å²) in [6.07, 6.45) is 1.65. The molecule has 178 valence electrons. The Kier molecular flexibility index (Phi) is 5.59. The van der Waals surface area contributed by atoms with Crippen molar-refractivity contribution in [1.29, 1.82) is 0 Å². The minimum Gasteiger partial charge on any atom is -0.422 e. The molecule has 0 saturated carbocycles. The van der Waals surface area contributed by atoms with Crippen molar-refractivity contribution in [3.63, 3.8) is 0 Å². The van der Waals surface area contributed by atoms with Crippen LogP contribution in [0.5, 0.6) is 0 Å². The van der Waals surface area contributed by atoms with Crippen molar-refractivity contribution >= 4 is 22.6 Å². The Hall–Kier alpha value is -5.37. The summed E-state index contributed by atoms with van der Waals surface area (Å²) < 4.78 is 10.9. The third kappa shape index (κ3) is 4.39. The number of hydrogen-bond acceptors (Lipinski definition) is 7. The van der Waals surface area contributed by atoms with Crippen LogP contribution in [0.1, 0.15) is 10.4 Å². The minimum atomic E-state index is -0.436. The highest BCUT2D eigenvalue weighted by atomic mass is 16.5. The van der Waals surface area contributed by atoms with Crippen LogP contribution in [-0.4, -0.2) is 21.0 Å². The fourth-order valence-corrected chi connectivity index (χ4v) is 3.97. The van der Waals surface area contributed by atoms with Crippen molar-refractivity contribution < 1.29 is 13.7 Å². The normalized spacial score (nSPS) is 10.9. The minimum absolute atomic E-state index is 0.259. The molecule has 1 N–H and O–H groups in total. The Morgan fingerprint density at radius 2 is 1.59 bits per heavy atom. The maximum atomic E-state index is 13.0. The smallest absolute Gasteiger partial charge is 0.344 e. The van der Waals surface area contributed by atoms with Crippen LogP contribution in [0.4, 0.5) is 5.69 Å². The summed E-state index contributed by atoms with van der Waals surface area (Å²) in [6, 6.07) is 28.5. The fraction of sp³-hybridized carbons (Fsp3) is 0. The highest BCUT2D eigenvalue weighted by molar-refractivity contribution is 6.06. The predicted molar refractivity (Wildman–Crippen MR) is 139 cm³/mol. The number of carbonyl (C=O) groups is 1. The number of nitrogens with one attached hydrogen (secondary N) is 1. The number of fused-ring (bicyclic) bond motifs is 1. The molecule has 8 heteroatoms. The molecular formula is C29H18N4O4. The van der Waals surface area contributed by atoms with E-state index in [1.54, 1.807) is 72.9 Å². The molecule has 6 aromatic rings. The van der Waals surface area contributed by atoms with Crippen LogP contribution in [-0.2, 0) is 0 Å². The zero-order valence-corrected chi connectivity index (χ0v) is 19.3. The summed E-state index contributed by atoms with van der Waals surface area (Å²) in [5, 5.41) is 7.74. The highest BCUT2D eigenvalue weighted by Crippen LogP contribution is 2.29. The topological polar surface area (TPSA) is 111 Å². The van der Waals surface area contributed by atoms with Gasteiger partial charge in [0.25, 0.3) is 11.8 Å². The molecule has 0 fully saturated rings. The molecule has 6 rings (SSSR count). The number of para-hydroxylation sites is 2. The third-order valence-electron chi connectivity index (χ3n) is 5.83. The molecule has 0 radical (unpaired) electrons. The number of rotatable bonds is 5. The lowest BCUT2D eigenvalue weighted by Crippen LogP contribution is -2.12. The second-order valence-electron chi connectivity index (χ2n) is 8.20. The number of anilines is 1. The number of benzene rings is 3. The predicted octanol–water partition coefficient (Wildman–Crippen LogP) is 5.82. The lowest BCUT2D eigenvalue weighted by atomic mass is 10.0. The first-order chi connectivity index (χ1) is 18.2. The van der Waals surface area contributed by atoms with E-state index >= 15 is 0 Å². The van der Waals surface area contributed by atoms with Gasteiger partial charge in [0.05, 0.1) is 16.8 Å². The summed E-state index contributed by atoms with van der Waals surface area (Å²) in [5.74, 6) is 0.287. The van der Waals surface area contributed by atoms with E-state index in [-0.39, 0.29) is 11.8 Å². The van der Waals surface area contributed by atoms with E-state index in [1.165, 1.54) is 0 Å². The Balaban J connectivity index is 1.25. The number of nitrogens with zero attached hydrogens (tertiary/aromatic N) is 3. The summed E-state index contributed by atoms with van der Waals surface area (Å²) in [4.78, 5) is 34.2. The van der Waals surface area contributed by atoms with Gasteiger partial charge >= 0.3 is 5.63 Å². The Bertz CT molecular complexity index is 1790. The maximum absolute atomic E-state index is 13.0. The largest absolute Gasteiger partial charge is 0.422 e. The number of hydrogen-bond donors (Lipinski definition) is 1. The van der Waals surface area contributed by atoms with Gasteiger partial charge in [-0.3, -0.25) is 9.78 Å². The van der Waals surface area contributed by atoms with Gasteiger partial charge in [-0.15, -0.1) is 0 Å². The molecular weight excluding hydrogens is 468 g/mol. The molecule has 0 spiro atoms. The highest BCUT2D eigenvalue weighted by Gasteiger charge is 2.17. The number of aromatic nitrogens is 3. The van der Waals surface area contributed by atoms with Crippen molar-refractivity contribution in [1.82, 2.24) is 15.1 Å². The van der Waals surface area contributed by atoms with Crippen LogP contribution in [0.2, 0.25) is 0 Å². The van der Waals surface area contributed by atoms with Gasteiger partial charge in [0, 0.05) is 17.1 Å². The SMILES string of the molecule is O=C(Nc1ccccc1-c1nc(-c2ccccn2)no1)c1ccc(-c2cc3ccccc3oc2=O)cc1. The number of amides is 1. The first-order valence-electron chi connectivity index (χ1n) is 11.4. The molecule has 3 heterocycles. The second-order valence-corrected chi connectivity index (χ2v) is 8.20. The van der Waals surface area contributed by atoms with Gasteiger partial charge < -0.3 is 14.3 Å². The van der Waals surface area contributed by atoms with Gasteiger partial charge in [0.2, 0.25) is 5.82 Å². The summed E-state index contributed by atoms with van der Waals surface area (Å²) >= 11 is 0. The van der Waals surface area contributed by atoms with Gasteiger partial charge in [-0.05, 0) is 54.1 Å². The van der Waals surface area contributed by atoms with Crippen molar-refractivity contribution in [3.05, 3.63) is 119 Å². The van der Waals surface area contributed by atoms with Crippen LogP contribution >= 0.6 is 0 Å². The van der Waals surface area contributed by atoms with Crippen molar-refractivity contribution in [2.24, 2.45) is 0 Å². The average Bonchev–Trinajstić information content (AvgIpc) is 3.44. The van der Waals surface area contributed by atoms with Crippen LogP contribution in [0, 0.1) is 0 Å². The molecule has 8 nitrogen and oxygen atoms in total. The monoisotopic (exact) mass is 486 g/mol. The van der Waals surface area contributed by atoms with E-state index in [0.29, 0.717) is 45.0 Å². The molecule has 0 aliphatic heterocycles. The first-order valence-corrected chi connectivity index (χ1v) is 11.4. The zero-order valence-electron chi connectivity index (χ0n) is 19.3. The Labute approximate surface area is 210 Å². The van der Waals surface area contributed by atoms with Gasteiger partial charge in [-0.2, -0.15) is 4.98 Å². The lowest BCUT2D eigenvalue weighted by molar-refractivity contribution is 0.102. The molecule has 3 aromatic carbocycles. The summed E-state index contributed by atoms with van der Waals surface area (Å²) in [6.45, 7) is 0. The number of pyridine rings is 1. The zero-order chi connectivity index (χ0) is 25.2. The molecule has 0 saturated heterocycles. The van der Waals surface area contributed by atoms with Crippen LogP contribution < -0.4 is 10.9 Å². The molecule has 1 amide bonds. The van der Waals surface area contributed by atoms with E-state index in [9.17, 15) is 9.59 Å². The Morgan fingerprint density at radius 3 is 2.43 bits per heavy atom. The summed E-state index contributed by atoms with van der Waals surface area (Å²) in [5.41, 5.74) is 3.27. The molecule has 0 unspecified atom stereocenters. The average molecular weight is 486 g/mol. The van der Waals surface area contributed by atoms with Crippen LogP contribution in [0.3, 0.4) is 0 Å². The van der Waals surface area contributed by atoms with E-state index < -0.39 is 5.63 Å². The van der Waals surface area contributed by atoms with Crippen molar-refractivity contribution in [3.8, 4) is 34.1 Å². The van der Waals surface area contributed by atoms with Gasteiger partial charge in [-0.1, -0.05) is 53.7 Å². The van der Waals surface area contributed by atoms with Crippen molar-refractivity contribution in [2.45, 2.75) is 0 Å². The molecule has 0 bridgehead atoms. The Morgan fingerprint density at radius 1 is 0.811 bits per heavy atom. The molecule has 0 aliphatic rings. The maximum Gasteiger partial charge on any atom is 0.344 e.